The van der Waals surface area contributed by atoms with Crippen molar-refractivity contribution in [2.45, 2.75) is 19.4 Å². The van der Waals surface area contributed by atoms with E-state index in [4.69, 9.17) is 4.74 Å². The second kappa shape index (κ2) is 9.20. The van der Waals surface area contributed by atoms with Crippen molar-refractivity contribution < 1.29 is 14.6 Å². The van der Waals surface area contributed by atoms with Gasteiger partial charge in [-0.15, -0.1) is 0 Å². The maximum absolute atomic E-state index is 12.3. The monoisotopic (exact) mass is 342 g/mol. The summed E-state index contributed by atoms with van der Waals surface area (Å²) in [6.45, 7) is 2.21. The molecule has 1 unspecified atom stereocenters. The summed E-state index contributed by atoms with van der Waals surface area (Å²) in [5, 5.41) is 12.6. The van der Waals surface area contributed by atoms with Crippen LogP contribution in [0.4, 0.5) is 5.69 Å². The van der Waals surface area contributed by atoms with Gasteiger partial charge in [-0.3, -0.25) is 9.69 Å². The number of likely N-dealkylation sites (N-methyl/N-ethyl adjacent to an activating group) is 1. The van der Waals surface area contributed by atoms with Gasteiger partial charge in [0.05, 0.1) is 26.3 Å². The molecule has 2 N–H and O–H groups in total. The van der Waals surface area contributed by atoms with Crippen molar-refractivity contribution >= 4 is 11.6 Å². The largest absolute Gasteiger partial charge is 0.497 e. The number of anilines is 1. The van der Waals surface area contributed by atoms with Crippen molar-refractivity contribution in [3.05, 3.63) is 59.7 Å². The summed E-state index contributed by atoms with van der Waals surface area (Å²) < 4.78 is 5.15. The van der Waals surface area contributed by atoms with Crippen LogP contribution < -0.4 is 10.1 Å². The predicted octanol–water partition coefficient (Wildman–Crippen LogP) is 2.86. The summed E-state index contributed by atoms with van der Waals surface area (Å²) in [6, 6.07) is 15.1. The molecule has 0 bridgehead atoms. The molecule has 1 amide bonds. The molecule has 0 aromatic heterocycles. The van der Waals surface area contributed by atoms with Gasteiger partial charge < -0.3 is 15.2 Å². The van der Waals surface area contributed by atoms with Crippen LogP contribution >= 0.6 is 0 Å². The van der Waals surface area contributed by atoms with E-state index in [0.717, 1.165) is 23.4 Å². The lowest BCUT2D eigenvalue weighted by molar-refractivity contribution is -0.117. The molecule has 25 heavy (non-hydrogen) atoms. The van der Waals surface area contributed by atoms with Gasteiger partial charge in [-0.05, 0) is 48.9 Å². The van der Waals surface area contributed by atoms with Crippen molar-refractivity contribution in [3.63, 3.8) is 0 Å². The van der Waals surface area contributed by atoms with E-state index in [0.29, 0.717) is 0 Å². The average molecular weight is 342 g/mol. The summed E-state index contributed by atoms with van der Waals surface area (Å²) in [6.07, 6.45) is 0.969. The summed E-state index contributed by atoms with van der Waals surface area (Å²) >= 11 is 0. The zero-order chi connectivity index (χ0) is 18.2. The van der Waals surface area contributed by atoms with E-state index in [1.807, 2.05) is 60.5 Å². The molecular formula is C20H26N2O3. The van der Waals surface area contributed by atoms with Crippen LogP contribution in [0.5, 0.6) is 5.75 Å². The lowest BCUT2D eigenvalue weighted by Crippen LogP contribution is -2.34. The molecule has 0 spiro atoms. The van der Waals surface area contributed by atoms with E-state index in [9.17, 15) is 9.90 Å². The maximum atomic E-state index is 12.3. The highest BCUT2D eigenvalue weighted by Gasteiger charge is 2.18. The fraction of sp³-hybridized carbons (Fsp3) is 0.350. The molecule has 5 nitrogen and oxygen atoms in total. The van der Waals surface area contributed by atoms with Crippen molar-refractivity contribution in [1.82, 2.24) is 4.90 Å². The lowest BCUT2D eigenvalue weighted by atomic mass is 10.1. The number of amides is 1. The summed E-state index contributed by atoms with van der Waals surface area (Å²) in [5.74, 6) is 0.648. The second-order valence-corrected chi connectivity index (χ2v) is 5.99. The molecule has 5 heteroatoms. The SMILES string of the molecule is CCc1ccc(NC(=O)CN(C)C(CO)c2ccc(OC)cc2)cc1. The highest BCUT2D eigenvalue weighted by molar-refractivity contribution is 5.92. The van der Waals surface area contributed by atoms with Crippen LogP contribution in [0.3, 0.4) is 0 Å². The molecule has 2 rings (SSSR count). The third-order valence-corrected chi connectivity index (χ3v) is 4.24. The van der Waals surface area contributed by atoms with Crippen molar-refractivity contribution in [3.8, 4) is 5.75 Å². The minimum absolute atomic E-state index is 0.0681. The highest BCUT2D eigenvalue weighted by atomic mass is 16.5. The Bertz CT molecular complexity index is 668. The standard InChI is InChI=1S/C20H26N2O3/c1-4-15-5-9-17(10-6-15)21-20(24)13-22(2)19(14-23)16-7-11-18(25-3)12-8-16/h5-12,19,23H,4,13-14H2,1-3H3,(H,21,24). The number of aliphatic hydroxyl groups excluding tert-OH is 1. The van der Waals surface area contributed by atoms with E-state index in [-0.39, 0.29) is 25.1 Å². The van der Waals surface area contributed by atoms with E-state index in [1.165, 1.54) is 5.56 Å². The number of hydrogen-bond acceptors (Lipinski definition) is 4. The summed E-state index contributed by atoms with van der Waals surface area (Å²) in [7, 11) is 3.44. The number of carbonyl (C=O) groups excluding carboxylic acids is 1. The van der Waals surface area contributed by atoms with Gasteiger partial charge in [0.2, 0.25) is 5.91 Å². The summed E-state index contributed by atoms with van der Waals surface area (Å²) in [4.78, 5) is 14.1. The number of aryl methyl sites for hydroxylation is 1. The smallest absolute Gasteiger partial charge is 0.238 e. The zero-order valence-corrected chi connectivity index (χ0v) is 15.0. The van der Waals surface area contributed by atoms with Crippen LogP contribution in [0.2, 0.25) is 0 Å². The van der Waals surface area contributed by atoms with Crippen LogP contribution in [0, 0.1) is 0 Å². The number of ether oxygens (including phenoxy) is 1. The third-order valence-electron chi connectivity index (χ3n) is 4.24. The fourth-order valence-corrected chi connectivity index (χ4v) is 2.69. The minimum Gasteiger partial charge on any atom is -0.497 e. The molecule has 0 heterocycles. The van der Waals surface area contributed by atoms with Gasteiger partial charge >= 0.3 is 0 Å². The number of benzene rings is 2. The lowest BCUT2D eigenvalue weighted by Gasteiger charge is -2.26. The molecule has 2 aromatic rings. The van der Waals surface area contributed by atoms with Gasteiger partial charge in [0.15, 0.2) is 0 Å². The van der Waals surface area contributed by atoms with E-state index in [1.54, 1.807) is 7.11 Å². The van der Waals surface area contributed by atoms with Gasteiger partial charge in [-0.25, -0.2) is 0 Å². The Morgan fingerprint density at radius 3 is 2.32 bits per heavy atom. The number of methoxy groups -OCH3 is 1. The van der Waals surface area contributed by atoms with Crippen molar-refractivity contribution in [1.29, 1.82) is 0 Å². The first-order valence-electron chi connectivity index (χ1n) is 8.41. The molecule has 0 aliphatic heterocycles. The Kier molecular flexibility index (Phi) is 6.98. The van der Waals surface area contributed by atoms with E-state index >= 15 is 0 Å². The first kappa shape index (κ1) is 19.0. The average Bonchev–Trinajstić information content (AvgIpc) is 2.63. The molecule has 0 fully saturated rings. The molecule has 2 aromatic carbocycles. The Labute approximate surface area is 149 Å². The molecular weight excluding hydrogens is 316 g/mol. The molecule has 0 saturated heterocycles. The fourth-order valence-electron chi connectivity index (χ4n) is 2.69. The summed E-state index contributed by atoms with van der Waals surface area (Å²) in [5.41, 5.74) is 2.95. The highest BCUT2D eigenvalue weighted by Crippen LogP contribution is 2.21. The molecule has 0 saturated carbocycles. The Morgan fingerprint density at radius 1 is 1.16 bits per heavy atom. The molecule has 1 atom stereocenters. The first-order valence-corrected chi connectivity index (χ1v) is 8.41. The van der Waals surface area contributed by atoms with Crippen LogP contribution in [-0.4, -0.2) is 43.2 Å². The van der Waals surface area contributed by atoms with Crippen LogP contribution in [0.25, 0.3) is 0 Å². The predicted molar refractivity (Wildman–Crippen MR) is 99.9 cm³/mol. The first-order chi connectivity index (χ1) is 12.1. The topological polar surface area (TPSA) is 61.8 Å². The minimum atomic E-state index is -0.251. The number of nitrogens with zero attached hydrogens (tertiary/aromatic N) is 1. The number of carbonyl (C=O) groups is 1. The van der Waals surface area contributed by atoms with Gasteiger partial charge in [0, 0.05) is 5.69 Å². The third kappa shape index (κ3) is 5.31. The normalized spacial score (nSPS) is 12.0. The Morgan fingerprint density at radius 2 is 1.80 bits per heavy atom. The molecule has 0 radical (unpaired) electrons. The number of nitrogens with one attached hydrogen (secondary N) is 1. The van der Waals surface area contributed by atoms with Gasteiger partial charge in [0.1, 0.15) is 5.75 Å². The maximum Gasteiger partial charge on any atom is 0.238 e. The Balaban J connectivity index is 1.97. The zero-order valence-electron chi connectivity index (χ0n) is 15.0. The second-order valence-electron chi connectivity index (χ2n) is 5.99. The number of rotatable bonds is 8. The molecule has 0 aliphatic carbocycles. The van der Waals surface area contributed by atoms with Crippen LogP contribution in [0.1, 0.15) is 24.1 Å². The van der Waals surface area contributed by atoms with Gasteiger partial charge in [-0.1, -0.05) is 31.2 Å². The van der Waals surface area contributed by atoms with Gasteiger partial charge in [-0.2, -0.15) is 0 Å². The van der Waals surface area contributed by atoms with Crippen LogP contribution in [-0.2, 0) is 11.2 Å². The molecule has 0 aliphatic rings. The number of hydrogen-bond donors (Lipinski definition) is 2. The quantitative estimate of drug-likeness (QED) is 0.774. The van der Waals surface area contributed by atoms with E-state index < -0.39 is 0 Å². The van der Waals surface area contributed by atoms with Gasteiger partial charge in [0.25, 0.3) is 0 Å². The number of aliphatic hydroxyl groups is 1. The van der Waals surface area contributed by atoms with Crippen LogP contribution in [0.15, 0.2) is 48.5 Å². The van der Waals surface area contributed by atoms with Crippen molar-refractivity contribution in [2.24, 2.45) is 0 Å². The van der Waals surface area contributed by atoms with E-state index in [2.05, 4.69) is 12.2 Å². The molecule has 134 valence electrons. The van der Waals surface area contributed by atoms with Crippen molar-refractivity contribution in [2.75, 3.05) is 32.6 Å². The Hall–Kier alpha value is -2.37.